The topological polar surface area (TPSA) is 61.8 Å². The predicted molar refractivity (Wildman–Crippen MR) is 65.7 cm³/mol. The molecule has 17 heavy (non-hydrogen) atoms. The Morgan fingerprint density at radius 1 is 1.29 bits per heavy atom. The van der Waals surface area contributed by atoms with Gasteiger partial charge in [0.25, 0.3) is 0 Å². The lowest BCUT2D eigenvalue weighted by molar-refractivity contribution is 0.480. The van der Waals surface area contributed by atoms with Gasteiger partial charge in [0.2, 0.25) is 0 Å². The van der Waals surface area contributed by atoms with Gasteiger partial charge in [0.1, 0.15) is 17.1 Å². The average Bonchev–Trinajstić information content (AvgIpc) is 2.83. The SMILES string of the molecule is Cc1cc(-c2ncc[nH]2)c2cccc(O)c2n1. The molecule has 0 amide bonds. The third-order valence-corrected chi connectivity index (χ3v) is 2.70. The third-order valence-electron chi connectivity index (χ3n) is 2.70. The van der Waals surface area contributed by atoms with Crippen LogP contribution >= 0.6 is 0 Å². The molecule has 0 aliphatic heterocycles. The van der Waals surface area contributed by atoms with E-state index in [1.54, 1.807) is 24.5 Å². The largest absolute Gasteiger partial charge is 0.506 e. The Balaban J connectivity index is 2.42. The number of hydrogen-bond donors (Lipinski definition) is 2. The second kappa shape index (κ2) is 3.59. The number of aromatic nitrogens is 3. The molecule has 0 aliphatic carbocycles. The van der Waals surface area contributed by atoms with Gasteiger partial charge >= 0.3 is 0 Å². The van der Waals surface area contributed by atoms with Crippen molar-refractivity contribution in [1.82, 2.24) is 15.0 Å². The maximum Gasteiger partial charge on any atom is 0.141 e. The highest BCUT2D eigenvalue weighted by Gasteiger charge is 2.10. The molecular weight excluding hydrogens is 214 g/mol. The van der Waals surface area contributed by atoms with Gasteiger partial charge < -0.3 is 10.1 Å². The maximum absolute atomic E-state index is 9.82. The highest BCUT2D eigenvalue weighted by atomic mass is 16.3. The van der Waals surface area contributed by atoms with Crippen LogP contribution in [0.4, 0.5) is 0 Å². The molecule has 4 heteroatoms. The van der Waals surface area contributed by atoms with Gasteiger partial charge in [0.15, 0.2) is 0 Å². The number of nitrogens with zero attached hydrogens (tertiary/aromatic N) is 2. The molecule has 3 aromatic rings. The van der Waals surface area contributed by atoms with Crippen molar-refractivity contribution in [2.75, 3.05) is 0 Å². The van der Waals surface area contributed by atoms with Gasteiger partial charge in [0.05, 0.1) is 0 Å². The number of rotatable bonds is 1. The first-order valence-corrected chi connectivity index (χ1v) is 5.35. The molecule has 0 atom stereocenters. The van der Waals surface area contributed by atoms with E-state index in [0.29, 0.717) is 5.52 Å². The van der Waals surface area contributed by atoms with Crippen LogP contribution in [0.2, 0.25) is 0 Å². The molecule has 84 valence electrons. The number of H-pyrrole nitrogens is 1. The van der Waals surface area contributed by atoms with E-state index in [4.69, 9.17) is 0 Å². The number of para-hydroxylation sites is 1. The Morgan fingerprint density at radius 2 is 2.18 bits per heavy atom. The summed E-state index contributed by atoms with van der Waals surface area (Å²) in [5.41, 5.74) is 2.41. The number of hydrogen-bond acceptors (Lipinski definition) is 3. The van der Waals surface area contributed by atoms with E-state index < -0.39 is 0 Å². The lowest BCUT2D eigenvalue weighted by Crippen LogP contribution is -1.90. The Bertz CT molecular complexity index is 674. The quantitative estimate of drug-likeness (QED) is 0.669. The monoisotopic (exact) mass is 225 g/mol. The molecule has 2 aromatic heterocycles. The summed E-state index contributed by atoms with van der Waals surface area (Å²) in [6, 6.07) is 7.34. The minimum atomic E-state index is 0.194. The van der Waals surface area contributed by atoms with Crippen LogP contribution < -0.4 is 0 Å². The normalized spacial score (nSPS) is 10.9. The van der Waals surface area contributed by atoms with E-state index in [9.17, 15) is 5.11 Å². The Hall–Kier alpha value is -2.36. The fraction of sp³-hybridized carbons (Fsp3) is 0.0769. The molecule has 2 heterocycles. The predicted octanol–water partition coefficient (Wildman–Crippen LogP) is 2.64. The van der Waals surface area contributed by atoms with E-state index in [1.807, 2.05) is 19.1 Å². The first-order valence-electron chi connectivity index (χ1n) is 5.35. The number of aromatic hydroxyl groups is 1. The molecule has 0 bridgehead atoms. The Morgan fingerprint density at radius 3 is 2.94 bits per heavy atom. The van der Waals surface area contributed by atoms with Crippen LogP contribution in [-0.2, 0) is 0 Å². The summed E-state index contributed by atoms with van der Waals surface area (Å²) in [6.07, 6.45) is 3.49. The number of phenols is 1. The van der Waals surface area contributed by atoms with E-state index in [0.717, 1.165) is 22.5 Å². The number of aromatic amines is 1. The van der Waals surface area contributed by atoms with Crippen molar-refractivity contribution in [2.24, 2.45) is 0 Å². The molecule has 0 saturated carbocycles. The highest BCUT2D eigenvalue weighted by Crippen LogP contribution is 2.30. The summed E-state index contributed by atoms with van der Waals surface area (Å²) in [6.45, 7) is 1.90. The first kappa shape index (κ1) is 9.84. The zero-order valence-electron chi connectivity index (χ0n) is 9.31. The molecule has 1 aromatic carbocycles. The lowest BCUT2D eigenvalue weighted by Gasteiger charge is -2.06. The van der Waals surface area contributed by atoms with Gasteiger partial charge in [-0.2, -0.15) is 0 Å². The maximum atomic E-state index is 9.82. The van der Waals surface area contributed by atoms with Crippen LogP contribution in [0, 0.1) is 6.92 Å². The summed E-state index contributed by atoms with van der Waals surface area (Å²) in [4.78, 5) is 11.7. The molecular formula is C13H11N3O. The second-order valence-electron chi connectivity index (χ2n) is 3.92. The molecule has 0 aliphatic rings. The van der Waals surface area contributed by atoms with Crippen LogP contribution in [0.1, 0.15) is 5.69 Å². The second-order valence-corrected chi connectivity index (χ2v) is 3.92. The molecule has 3 rings (SSSR count). The number of aryl methyl sites for hydroxylation is 1. The van der Waals surface area contributed by atoms with Gasteiger partial charge in [-0.15, -0.1) is 0 Å². The highest BCUT2D eigenvalue weighted by molar-refractivity contribution is 5.95. The van der Waals surface area contributed by atoms with Crippen LogP contribution in [0.15, 0.2) is 36.7 Å². The average molecular weight is 225 g/mol. The smallest absolute Gasteiger partial charge is 0.141 e. The number of benzene rings is 1. The minimum Gasteiger partial charge on any atom is -0.506 e. The number of nitrogens with one attached hydrogen (secondary N) is 1. The van der Waals surface area contributed by atoms with Gasteiger partial charge in [0, 0.05) is 29.0 Å². The van der Waals surface area contributed by atoms with Crippen molar-refractivity contribution in [3.05, 3.63) is 42.4 Å². The molecule has 2 N–H and O–H groups in total. The zero-order valence-corrected chi connectivity index (χ0v) is 9.31. The zero-order chi connectivity index (χ0) is 11.8. The summed E-state index contributed by atoms with van der Waals surface area (Å²) in [7, 11) is 0. The van der Waals surface area contributed by atoms with E-state index in [2.05, 4.69) is 15.0 Å². The van der Waals surface area contributed by atoms with Crippen molar-refractivity contribution < 1.29 is 5.11 Å². The van der Waals surface area contributed by atoms with Crippen molar-refractivity contribution in [3.63, 3.8) is 0 Å². The van der Waals surface area contributed by atoms with E-state index in [-0.39, 0.29) is 5.75 Å². The molecule has 4 nitrogen and oxygen atoms in total. The van der Waals surface area contributed by atoms with Crippen LogP contribution in [0.5, 0.6) is 5.75 Å². The molecule has 0 radical (unpaired) electrons. The van der Waals surface area contributed by atoms with Gasteiger partial charge in [-0.1, -0.05) is 12.1 Å². The number of fused-ring (bicyclic) bond motifs is 1. The van der Waals surface area contributed by atoms with Crippen LogP contribution in [-0.4, -0.2) is 20.1 Å². The number of pyridine rings is 1. The van der Waals surface area contributed by atoms with Gasteiger partial charge in [-0.25, -0.2) is 9.97 Å². The summed E-state index contributed by atoms with van der Waals surface area (Å²) < 4.78 is 0. The lowest BCUT2D eigenvalue weighted by atomic mass is 10.1. The standard InChI is InChI=1S/C13H11N3O/c1-8-7-10(13-14-5-6-15-13)9-3-2-4-11(17)12(9)16-8/h2-7,17H,1H3,(H,14,15). The van der Waals surface area contributed by atoms with E-state index >= 15 is 0 Å². The molecule has 0 spiro atoms. The van der Waals surface area contributed by atoms with Crippen molar-refractivity contribution in [1.29, 1.82) is 0 Å². The van der Waals surface area contributed by atoms with Crippen LogP contribution in [0.3, 0.4) is 0 Å². The van der Waals surface area contributed by atoms with Gasteiger partial charge in [-0.05, 0) is 19.1 Å². The fourth-order valence-corrected chi connectivity index (χ4v) is 1.97. The summed E-state index contributed by atoms with van der Waals surface area (Å²) >= 11 is 0. The van der Waals surface area contributed by atoms with Crippen LogP contribution in [0.25, 0.3) is 22.3 Å². The molecule has 0 saturated heterocycles. The summed E-state index contributed by atoms with van der Waals surface area (Å²) in [5, 5.41) is 10.7. The number of phenolic OH excluding ortho intramolecular Hbond substituents is 1. The summed E-state index contributed by atoms with van der Waals surface area (Å²) in [5.74, 6) is 0.977. The number of imidazole rings is 1. The molecule has 0 unspecified atom stereocenters. The van der Waals surface area contributed by atoms with Gasteiger partial charge in [-0.3, -0.25) is 0 Å². The Kier molecular flexibility index (Phi) is 2.08. The first-order chi connectivity index (χ1) is 8.25. The van der Waals surface area contributed by atoms with Crippen molar-refractivity contribution in [2.45, 2.75) is 6.92 Å². The Labute approximate surface area is 98.0 Å². The third kappa shape index (κ3) is 1.54. The van der Waals surface area contributed by atoms with E-state index in [1.165, 1.54) is 0 Å². The molecule has 0 fully saturated rings. The van der Waals surface area contributed by atoms with Crippen molar-refractivity contribution >= 4 is 10.9 Å². The minimum absolute atomic E-state index is 0.194. The fourth-order valence-electron chi connectivity index (χ4n) is 1.97. The van der Waals surface area contributed by atoms with Crippen molar-refractivity contribution in [3.8, 4) is 17.1 Å².